The van der Waals surface area contributed by atoms with E-state index in [1.54, 1.807) is 0 Å². The van der Waals surface area contributed by atoms with Crippen molar-refractivity contribution in [2.45, 2.75) is 92.5 Å². The molecule has 4 unspecified atom stereocenters. The van der Waals surface area contributed by atoms with Gasteiger partial charge in [-0.2, -0.15) is 0 Å². The summed E-state index contributed by atoms with van der Waals surface area (Å²) < 4.78 is 0. The van der Waals surface area contributed by atoms with E-state index < -0.39 is 0 Å². The molecule has 21 heavy (non-hydrogen) atoms. The van der Waals surface area contributed by atoms with E-state index in [0.717, 1.165) is 29.6 Å². The van der Waals surface area contributed by atoms with E-state index in [1.807, 2.05) is 0 Å². The van der Waals surface area contributed by atoms with Crippen molar-refractivity contribution in [3.05, 3.63) is 0 Å². The minimum atomic E-state index is 0.258. The highest BCUT2D eigenvalue weighted by molar-refractivity contribution is 4.85. The Bertz CT molecular complexity index is 276. The van der Waals surface area contributed by atoms with Crippen LogP contribution in [0.4, 0.5) is 0 Å². The van der Waals surface area contributed by atoms with Gasteiger partial charge in [-0.1, -0.05) is 40.5 Å². The monoisotopic (exact) mass is 295 g/mol. The topological polar surface area (TPSA) is 12.0 Å². The third-order valence-corrected chi connectivity index (χ3v) is 5.50. The van der Waals surface area contributed by atoms with Crippen molar-refractivity contribution in [3.8, 4) is 0 Å². The SMILES string of the molecule is CCCC(C)CC1CC(C(C)C)CCC1CNC(C)(C)C. The molecule has 1 aliphatic carbocycles. The number of rotatable bonds is 7. The van der Waals surface area contributed by atoms with E-state index in [-0.39, 0.29) is 5.54 Å². The van der Waals surface area contributed by atoms with Gasteiger partial charge in [0.25, 0.3) is 0 Å². The van der Waals surface area contributed by atoms with Crippen LogP contribution in [0.3, 0.4) is 0 Å². The third-order valence-electron chi connectivity index (χ3n) is 5.50. The second kappa shape index (κ2) is 8.56. The van der Waals surface area contributed by atoms with Crippen LogP contribution in [0.1, 0.15) is 87.0 Å². The van der Waals surface area contributed by atoms with Gasteiger partial charge in [0.2, 0.25) is 0 Å². The minimum absolute atomic E-state index is 0.258. The molecule has 126 valence electrons. The summed E-state index contributed by atoms with van der Waals surface area (Å²) in [4.78, 5) is 0. The lowest BCUT2D eigenvalue weighted by Crippen LogP contribution is -2.42. The van der Waals surface area contributed by atoms with E-state index in [4.69, 9.17) is 0 Å². The molecule has 0 aromatic rings. The van der Waals surface area contributed by atoms with Crippen LogP contribution in [0.2, 0.25) is 0 Å². The van der Waals surface area contributed by atoms with Crippen LogP contribution in [0, 0.1) is 29.6 Å². The maximum Gasteiger partial charge on any atom is 0.00966 e. The molecule has 0 spiro atoms. The fraction of sp³-hybridized carbons (Fsp3) is 1.00. The Kier molecular flexibility index (Phi) is 7.74. The zero-order chi connectivity index (χ0) is 16.0. The molecule has 0 aromatic heterocycles. The van der Waals surface area contributed by atoms with Crippen molar-refractivity contribution >= 4 is 0 Å². The van der Waals surface area contributed by atoms with Gasteiger partial charge >= 0.3 is 0 Å². The molecule has 1 saturated carbocycles. The maximum atomic E-state index is 3.77. The Balaban J connectivity index is 2.61. The molecule has 1 N–H and O–H groups in total. The van der Waals surface area contributed by atoms with Crippen molar-refractivity contribution < 1.29 is 0 Å². The van der Waals surface area contributed by atoms with E-state index in [1.165, 1.54) is 45.1 Å². The lowest BCUT2D eigenvalue weighted by Gasteiger charge is -2.40. The fourth-order valence-electron chi connectivity index (χ4n) is 4.09. The lowest BCUT2D eigenvalue weighted by atomic mass is 9.67. The molecule has 1 aliphatic rings. The summed E-state index contributed by atoms with van der Waals surface area (Å²) in [7, 11) is 0. The molecule has 1 heteroatoms. The van der Waals surface area contributed by atoms with Crippen molar-refractivity contribution in [1.29, 1.82) is 0 Å². The Morgan fingerprint density at radius 3 is 2.24 bits per heavy atom. The normalized spacial score (nSPS) is 28.9. The van der Waals surface area contributed by atoms with Crippen LogP contribution in [-0.4, -0.2) is 12.1 Å². The molecule has 1 fully saturated rings. The summed E-state index contributed by atoms with van der Waals surface area (Å²) in [6.45, 7) is 17.7. The van der Waals surface area contributed by atoms with E-state index in [2.05, 4.69) is 53.8 Å². The average molecular weight is 296 g/mol. The fourth-order valence-corrected chi connectivity index (χ4v) is 4.09. The van der Waals surface area contributed by atoms with Crippen LogP contribution in [0.15, 0.2) is 0 Å². The summed E-state index contributed by atoms with van der Waals surface area (Å²) in [5.74, 6) is 4.59. The predicted octanol–water partition coefficient (Wildman–Crippen LogP) is 5.89. The highest BCUT2D eigenvalue weighted by atomic mass is 14.9. The molecular formula is C20H41N. The van der Waals surface area contributed by atoms with Crippen molar-refractivity contribution in [1.82, 2.24) is 5.32 Å². The summed E-state index contributed by atoms with van der Waals surface area (Å²) in [6.07, 6.45) is 8.56. The third kappa shape index (κ3) is 7.17. The Morgan fingerprint density at radius 1 is 1.05 bits per heavy atom. The average Bonchev–Trinajstić information content (AvgIpc) is 2.36. The quantitative estimate of drug-likeness (QED) is 0.617. The number of hydrogen-bond donors (Lipinski definition) is 1. The molecule has 4 atom stereocenters. The summed E-state index contributed by atoms with van der Waals surface area (Å²) in [5.41, 5.74) is 0.258. The van der Waals surface area contributed by atoms with Gasteiger partial charge in [-0.15, -0.1) is 0 Å². The first-order valence-electron chi connectivity index (χ1n) is 9.48. The van der Waals surface area contributed by atoms with E-state index >= 15 is 0 Å². The van der Waals surface area contributed by atoms with E-state index in [9.17, 15) is 0 Å². The van der Waals surface area contributed by atoms with Crippen LogP contribution >= 0.6 is 0 Å². The second-order valence-electron chi connectivity index (χ2n) is 9.10. The van der Waals surface area contributed by atoms with Gasteiger partial charge in [-0.05, 0) is 82.6 Å². The predicted molar refractivity (Wildman–Crippen MR) is 95.6 cm³/mol. The highest BCUT2D eigenvalue weighted by Crippen LogP contribution is 2.40. The molecule has 0 aromatic carbocycles. The molecule has 0 aliphatic heterocycles. The first-order valence-corrected chi connectivity index (χ1v) is 9.48. The second-order valence-corrected chi connectivity index (χ2v) is 9.10. The Labute approximate surface area is 134 Å². The largest absolute Gasteiger partial charge is 0.312 e. The first kappa shape index (κ1) is 19.0. The molecular weight excluding hydrogens is 254 g/mol. The van der Waals surface area contributed by atoms with Gasteiger partial charge < -0.3 is 5.32 Å². The zero-order valence-corrected chi connectivity index (χ0v) is 15.8. The van der Waals surface area contributed by atoms with Gasteiger partial charge in [0.1, 0.15) is 0 Å². The standard InChI is InChI=1S/C20H41N/c1-8-9-16(4)12-19-13-17(15(2)3)10-11-18(19)14-21-20(5,6)7/h15-19,21H,8-14H2,1-7H3. The van der Waals surface area contributed by atoms with Gasteiger partial charge in [-0.25, -0.2) is 0 Å². The molecule has 0 saturated heterocycles. The van der Waals surface area contributed by atoms with Crippen LogP contribution in [0.25, 0.3) is 0 Å². The number of nitrogens with one attached hydrogen (secondary N) is 1. The van der Waals surface area contributed by atoms with Gasteiger partial charge in [0.15, 0.2) is 0 Å². The lowest BCUT2D eigenvalue weighted by molar-refractivity contribution is 0.118. The molecule has 0 bridgehead atoms. The molecule has 0 heterocycles. The number of hydrogen-bond acceptors (Lipinski definition) is 1. The summed E-state index contributed by atoms with van der Waals surface area (Å²) >= 11 is 0. The molecule has 1 nitrogen and oxygen atoms in total. The van der Waals surface area contributed by atoms with Crippen molar-refractivity contribution in [3.63, 3.8) is 0 Å². The summed E-state index contributed by atoms with van der Waals surface area (Å²) in [5, 5.41) is 3.77. The molecule has 0 amide bonds. The minimum Gasteiger partial charge on any atom is -0.312 e. The Morgan fingerprint density at radius 2 is 1.71 bits per heavy atom. The van der Waals surface area contributed by atoms with Crippen molar-refractivity contribution in [2.24, 2.45) is 29.6 Å². The van der Waals surface area contributed by atoms with Crippen LogP contribution < -0.4 is 5.32 Å². The van der Waals surface area contributed by atoms with Gasteiger partial charge in [0, 0.05) is 5.54 Å². The van der Waals surface area contributed by atoms with Gasteiger partial charge in [-0.3, -0.25) is 0 Å². The zero-order valence-electron chi connectivity index (χ0n) is 15.8. The van der Waals surface area contributed by atoms with E-state index in [0.29, 0.717) is 0 Å². The summed E-state index contributed by atoms with van der Waals surface area (Å²) in [6, 6.07) is 0. The first-order chi connectivity index (χ1) is 9.73. The molecule has 0 radical (unpaired) electrons. The highest BCUT2D eigenvalue weighted by Gasteiger charge is 2.32. The smallest absolute Gasteiger partial charge is 0.00966 e. The van der Waals surface area contributed by atoms with Gasteiger partial charge in [0.05, 0.1) is 0 Å². The molecule has 1 rings (SSSR count). The maximum absolute atomic E-state index is 3.77. The van der Waals surface area contributed by atoms with Crippen LogP contribution in [-0.2, 0) is 0 Å². The Hall–Kier alpha value is -0.0400. The van der Waals surface area contributed by atoms with Crippen molar-refractivity contribution in [2.75, 3.05) is 6.54 Å². The van der Waals surface area contributed by atoms with Crippen LogP contribution in [0.5, 0.6) is 0 Å².